The fourth-order valence-corrected chi connectivity index (χ4v) is 3.40. The van der Waals surface area contributed by atoms with Gasteiger partial charge in [0.05, 0.1) is 24.5 Å². The molecule has 6 heteroatoms. The van der Waals surface area contributed by atoms with E-state index in [1.807, 2.05) is 36.6 Å². The van der Waals surface area contributed by atoms with Crippen molar-refractivity contribution in [2.45, 2.75) is 6.42 Å². The van der Waals surface area contributed by atoms with Gasteiger partial charge in [-0.2, -0.15) is 5.10 Å². The van der Waals surface area contributed by atoms with E-state index < -0.39 is 0 Å². The highest BCUT2D eigenvalue weighted by molar-refractivity contribution is 5.93. The number of piperazine rings is 1. The number of nitrogens with zero attached hydrogens (tertiary/aromatic N) is 5. The van der Waals surface area contributed by atoms with E-state index >= 15 is 0 Å². The maximum absolute atomic E-state index is 12.5. The van der Waals surface area contributed by atoms with Gasteiger partial charge in [-0.15, -0.1) is 0 Å². The van der Waals surface area contributed by atoms with Gasteiger partial charge in [0.1, 0.15) is 0 Å². The van der Waals surface area contributed by atoms with Crippen molar-refractivity contribution in [2.75, 3.05) is 31.1 Å². The van der Waals surface area contributed by atoms with E-state index in [4.69, 9.17) is 0 Å². The summed E-state index contributed by atoms with van der Waals surface area (Å²) in [6.45, 7) is 3.13. The third-order valence-corrected chi connectivity index (χ3v) is 4.73. The lowest BCUT2D eigenvalue weighted by Crippen LogP contribution is -2.49. The van der Waals surface area contributed by atoms with Gasteiger partial charge in [-0.3, -0.25) is 14.5 Å². The molecule has 1 fully saturated rings. The Balaban J connectivity index is 1.43. The van der Waals surface area contributed by atoms with E-state index in [9.17, 15) is 4.79 Å². The summed E-state index contributed by atoms with van der Waals surface area (Å²) in [7, 11) is 1.87. The van der Waals surface area contributed by atoms with Crippen LogP contribution in [0.4, 0.5) is 5.69 Å². The molecule has 0 radical (unpaired) electrons. The molecule has 0 unspecified atom stereocenters. The number of pyridine rings is 1. The summed E-state index contributed by atoms with van der Waals surface area (Å²) in [6.07, 6.45) is 7.90. The smallest absolute Gasteiger partial charge is 0.227 e. The van der Waals surface area contributed by atoms with Crippen molar-refractivity contribution in [3.05, 3.63) is 54.6 Å². The first kappa shape index (κ1) is 15.6. The number of aryl methyl sites for hydroxylation is 1. The molecular weight excluding hydrogens is 314 g/mol. The highest BCUT2D eigenvalue weighted by atomic mass is 16.2. The van der Waals surface area contributed by atoms with E-state index in [2.05, 4.69) is 33.2 Å². The molecule has 0 atom stereocenters. The molecule has 0 saturated carbocycles. The number of fused-ring (bicyclic) bond motifs is 1. The minimum absolute atomic E-state index is 0.170. The van der Waals surface area contributed by atoms with Gasteiger partial charge in [-0.25, -0.2) is 0 Å². The third-order valence-electron chi connectivity index (χ3n) is 4.73. The Morgan fingerprint density at radius 2 is 1.88 bits per heavy atom. The van der Waals surface area contributed by atoms with E-state index in [0.717, 1.165) is 42.8 Å². The Morgan fingerprint density at radius 1 is 1.08 bits per heavy atom. The molecule has 25 heavy (non-hydrogen) atoms. The topological polar surface area (TPSA) is 54.3 Å². The molecule has 6 nitrogen and oxygen atoms in total. The van der Waals surface area contributed by atoms with Gasteiger partial charge in [-0.1, -0.05) is 24.3 Å². The highest BCUT2D eigenvalue weighted by Crippen LogP contribution is 2.26. The quantitative estimate of drug-likeness (QED) is 0.733. The lowest BCUT2D eigenvalue weighted by Gasteiger charge is -2.36. The fraction of sp³-hybridized carbons (Fsp3) is 0.316. The molecule has 0 spiro atoms. The van der Waals surface area contributed by atoms with Gasteiger partial charge in [0, 0.05) is 56.4 Å². The maximum Gasteiger partial charge on any atom is 0.227 e. The molecule has 3 aromatic rings. The van der Waals surface area contributed by atoms with Crippen LogP contribution in [0, 0.1) is 0 Å². The van der Waals surface area contributed by atoms with Crippen LogP contribution >= 0.6 is 0 Å². The second-order valence-electron chi connectivity index (χ2n) is 6.45. The molecular formula is C19H21N5O. The summed E-state index contributed by atoms with van der Waals surface area (Å²) in [5, 5.41) is 6.49. The summed E-state index contributed by atoms with van der Waals surface area (Å²) in [4.78, 5) is 21.1. The number of rotatable bonds is 3. The SMILES string of the molecule is Cn1cc(CC(=O)N2CCN(c3cncc4ccccc34)CC2)cn1. The Hall–Kier alpha value is -2.89. The second-order valence-corrected chi connectivity index (χ2v) is 6.45. The van der Waals surface area contributed by atoms with Crippen molar-refractivity contribution >= 4 is 22.4 Å². The molecule has 4 rings (SSSR count). The maximum atomic E-state index is 12.5. The number of carbonyl (C=O) groups excluding carboxylic acids is 1. The first-order valence-corrected chi connectivity index (χ1v) is 8.54. The van der Waals surface area contributed by atoms with Crippen LogP contribution in [0.5, 0.6) is 0 Å². The highest BCUT2D eigenvalue weighted by Gasteiger charge is 2.22. The van der Waals surface area contributed by atoms with Crippen molar-refractivity contribution < 1.29 is 4.79 Å². The van der Waals surface area contributed by atoms with Gasteiger partial charge in [0.25, 0.3) is 0 Å². The monoisotopic (exact) mass is 335 g/mol. The summed E-state index contributed by atoms with van der Waals surface area (Å²) >= 11 is 0. The van der Waals surface area contributed by atoms with Crippen LogP contribution in [0.2, 0.25) is 0 Å². The first-order chi connectivity index (χ1) is 12.2. The predicted molar refractivity (Wildman–Crippen MR) is 97.4 cm³/mol. The zero-order chi connectivity index (χ0) is 17.2. The van der Waals surface area contributed by atoms with Crippen molar-refractivity contribution in [1.29, 1.82) is 0 Å². The molecule has 0 bridgehead atoms. The fourth-order valence-electron chi connectivity index (χ4n) is 3.40. The number of amides is 1. The van der Waals surface area contributed by atoms with Crippen LogP contribution in [-0.2, 0) is 18.3 Å². The van der Waals surface area contributed by atoms with Gasteiger partial charge in [-0.05, 0) is 5.56 Å². The second kappa shape index (κ2) is 6.55. The Labute approximate surface area is 146 Å². The van der Waals surface area contributed by atoms with Crippen molar-refractivity contribution in [3.63, 3.8) is 0 Å². The minimum Gasteiger partial charge on any atom is -0.366 e. The van der Waals surface area contributed by atoms with Crippen LogP contribution in [0.1, 0.15) is 5.56 Å². The minimum atomic E-state index is 0.170. The molecule has 128 valence electrons. The number of benzene rings is 1. The van der Waals surface area contributed by atoms with E-state index in [1.165, 1.54) is 5.39 Å². The molecule has 1 aliphatic heterocycles. The lowest BCUT2D eigenvalue weighted by atomic mass is 10.1. The van der Waals surface area contributed by atoms with Gasteiger partial charge in [0.2, 0.25) is 5.91 Å². The largest absolute Gasteiger partial charge is 0.366 e. The van der Waals surface area contributed by atoms with Crippen LogP contribution < -0.4 is 4.90 Å². The Morgan fingerprint density at radius 3 is 2.64 bits per heavy atom. The normalized spacial score (nSPS) is 14.9. The Bertz CT molecular complexity index is 890. The van der Waals surface area contributed by atoms with Crippen molar-refractivity contribution in [2.24, 2.45) is 7.05 Å². The first-order valence-electron chi connectivity index (χ1n) is 8.54. The number of carbonyl (C=O) groups is 1. The van der Waals surface area contributed by atoms with Gasteiger partial charge >= 0.3 is 0 Å². The van der Waals surface area contributed by atoms with Crippen molar-refractivity contribution in [3.8, 4) is 0 Å². The van der Waals surface area contributed by atoms with Crippen LogP contribution in [0.25, 0.3) is 10.8 Å². The van der Waals surface area contributed by atoms with Crippen LogP contribution in [-0.4, -0.2) is 51.8 Å². The average molecular weight is 335 g/mol. The standard InChI is InChI=1S/C19H21N5O/c1-22-14-15(11-21-22)10-19(25)24-8-6-23(7-9-24)18-13-20-12-16-4-2-3-5-17(16)18/h2-5,11-14H,6-10H2,1H3. The Kier molecular flexibility index (Phi) is 4.09. The number of hydrogen-bond donors (Lipinski definition) is 0. The van der Waals surface area contributed by atoms with Gasteiger partial charge < -0.3 is 9.80 Å². The molecule has 1 aromatic carbocycles. The van der Waals surface area contributed by atoms with E-state index in [1.54, 1.807) is 10.9 Å². The molecule has 1 saturated heterocycles. The zero-order valence-corrected chi connectivity index (χ0v) is 14.3. The van der Waals surface area contributed by atoms with Crippen LogP contribution in [0.15, 0.2) is 49.1 Å². The molecule has 1 aliphatic rings. The van der Waals surface area contributed by atoms with Crippen LogP contribution in [0.3, 0.4) is 0 Å². The summed E-state index contributed by atoms with van der Waals surface area (Å²) in [5.41, 5.74) is 2.12. The van der Waals surface area contributed by atoms with Crippen molar-refractivity contribution in [1.82, 2.24) is 19.7 Å². The van der Waals surface area contributed by atoms with E-state index in [0.29, 0.717) is 6.42 Å². The van der Waals surface area contributed by atoms with E-state index in [-0.39, 0.29) is 5.91 Å². The zero-order valence-electron chi connectivity index (χ0n) is 14.3. The lowest BCUT2D eigenvalue weighted by molar-refractivity contribution is -0.130. The molecule has 0 N–H and O–H groups in total. The third kappa shape index (κ3) is 3.20. The summed E-state index contributed by atoms with van der Waals surface area (Å²) < 4.78 is 1.73. The molecule has 2 aromatic heterocycles. The summed E-state index contributed by atoms with van der Waals surface area (Å²) in [6, 6.07) is 8.30. The molecule has 1 amide bonds. The summed E-state index contributed by atoms with van der Waals surface area (Å²) in [5.74, 6) is 0.170. The molecule has 0 aliphatic carbocycles. The number of hydrogen-bond acceptors (Lipinski definition) is 4. The average Bonchev–Trinajstić information content (AvgIpc) is 3.06. The molecule has 3 heterocycles. The van der Waals surface area contributed by atoms with Gasteiger partial charge in [0.15, 0.2) is 0 Å². The predicted octanol–water partition coefficient (Wildman–Crippen LogP) is 1.86. The number of aromatic nitrogens is 3. The number of anilines is 1.